The molecular weight excluding hydrogens is 249 g/mol. The van der Waals surface area contributed by atoms with Crippen LogP contribution in [0.1, 0.15) is 36.7 Å². The van der Waals surface area contributed by atoms with E-state index in [4.69, 9.17) is 0 Å². The largest absolute Gasteiger partial charge is 0.358 e. The van der Waals surface area contributed by atoms with Gasteiger partial charge in [0.25, 0.3) is 0 Å². The Kier molecular flexibility index (Phi) is 15.5. The van der Waals surface area contributed by atoms with E-state index in [1.54, 1.807) is 6.92 Å². The number of Topliss-reactive ketones (excluding diaryl/α,β-unsaturated/α-hetero) is 1. The van der Waals surface area contributed by atoms with E-state index in [0.29, 0.717) is 0 Å². The predicted octanol–water partition coefficient (Wildman–Crippen LogP) is 3.67. The Morgan fingerprint density at radius 2 is 1.43 bits per heavy atom. The first-order chi connectivity index (χ1) is 5.70. The molecule has 0 aliphatic heterocycles. The van der Waals surface area contributed by atoms with E-state index in [1.165, 1.54) is 5.56 Å². The molecule has 0 fully saturated rings. The quantitative estimate of drug-likeness (QED) is 0.561. The second kappa shape index (κ2) is 11.1. The van der Waals surface area contributed by atoms with Crippen LogP contribution in [0.2, 0.25) is 0 Å². The summed E-state index contributed by atoms with van der Waals surface area (Å²) in [7, 11) is 0. The van der Waals surface area contributed by atoms with Gasteiger partial charge in [0.15, 0.2) is 5.78 Å². The third kappa shape index (κ3) is 7.40. The molecule has 0 heterocycles. The van der Waals surface area contributed by atoms with Gasteiger partial charge in [-0.3, -0.25) is 4.79 Å². The molecule has 1 nitrogen and oxygen atoms in total. The standard InChI is InChI=1S/C9H10O.C2H6.CH3.Y/c1-7-3-5-9(6-4-7)8(2)10;1-2;;/h3-6H,1-2H3;1-2H3;1H3;/q;;-1;. The van der Waals surface area contributed by atoms with Crippen LogP contribution < -0.4 is 0 Å². The molecular formula is C12H19OY-. The summed E-state index contributed by atoms with van der Waals surface area (Å²) >= 11 is 0. The fourth-order valence-corrected chi connectivity index (χ4v) is 0.788. The number of carbonyl (C=O) groups excluding carboxylic acids is 1. The predicted molar refractivity (Wildman–Crippen MR) is 58.9 cm³/mol. The molecule has 0 aromatic heterocycles. The van der Waals surface area contributed by atoms with Crippen LogP contribution in [-0.2, 0) is 32.7 Å². The van der Waals surface area contributed by atoms with E-state index in [-0.39, 0.29) is 45.9 Å². The SMILES string of the molecule is CC.CC(=O)c1ccc(C)cc1.[CH3-].[Y]. The zero-order valence-corrected chi connectivity index (χ0v) is 12.6. The summed E-state index contributed by atoms with van der Waals surface area (Å²) in [4.78, 5) is 10.8. The van der Waals surface area contributed by atoms with Gasteiger partial charge in [-0.25, -0.2) is 0 Å². The van der Waals surface area contributed by atoms with Gasteiger partial charge >= 0.3 is 0 Å². The Labute approximate surface area is 113 Å². The van der Waals surface area contributed by atoms with Crippen molar-refractivity contribution in [2.75, 3.05) is 0 Å². The molecule has 0 atom stereocenters. The monoisotopic (exact) mass is 268 g/mol. The van der Waals surface area contributed by atoms with Gasteiger partial charge in [-0.2, -0.15) is 0 Å². The molecule has 1 aromatic carbocycles. The third-order valence-corrected chi connectivity index (χ3v) is 1.46. The fraction of sp³-hybridized carbons (Fsp3) is 0.333. The van der Waals surface area contributed by atoms with E-state index >= 15 is 0 Å². The van der Waals surface area contributed by atoms with Crippen LogP contribution in [0.25, 0.3) is 0 Å². The molecule has 2 heteroatoms. The summed E-state index contributed by atoms with van der Waals surface area (Å²) in [6.07, 6.45) is 0. The first-order valence-electron chi connectivity index (χ1n) is 4.28. The van der Waals surface area contributed by atoms with E-state index in [1.807, 2.05) is 45.0 Å². The number of ketones is 1. The van der Waals surface area contributed by atoms with Gasteiger partial charge in [-0.15, -0.1) is 0 Å². The molecule has 1 radical (unpaired) electrons. The van der Waals surface area contributed by atoms with Gasteiger partial charge in [0, 0.05) is 38.3 Å². The Balaban J connectivity index is -0.000000284. The molecule has 0 saturated carbocycles. The molecule has 14 heavy (non-hydrogen) atoms. The van der Waals surface area contributed by atoms with Crippen molar-refractivity contribution in [3.8, 4) is 0 Å². The molecule has 0 spiro atoms. The maximum Gasteiger partial charge on any atom is 0.159 e. The number of benzene rings is 1. The molecule has 1 aromatic rings. The summed E-state index contributed by atoms with van der Waals surface area (Å²) in [6, 6.07) is 7.57. The van der Waals surface area contributed by atoms with Gasteiger partial charge in [-0.05, 0) is 13.8 Å². The maximum absolute atomic E-state index is 10.8. The van der Waals surface area contributed by atoms with Crippen LogP contribution in [0.15, 0.2) is 24.3 Å². The van der Waals surface area contributed by atoms with Crippen molar-refractivity contribution in [2.24, 2.45) is 0 Å². The molecule has 0 saturated heterocycles. The Morgan fingerprint density at radius 3 is 1.71 bits per heavy atom. The summed E-state index contributed by atoms with van der Waals surface area (Å²) in [5.74, 6) is 0.125. The summed E-state index contributed by atoms with van der Waals surface area (Å²) in [6.45, 7) is 7.58. The third-order valence-electron chi connectivity index (χ3n) is 1.46. The van der Waals surface area contributed by atoms with Crippen molar-refractivity contribution in [3.05, 3.63) is 42.8 Å². The second-order valence-corrected chi connectivity index (χ2v) is 2.42. The van der Waals surface area contributed by atoms with E-state index in [2.05, 4.69) is 0 Å². The molecule has 0 aliphatic rings. The average molecular weight is 268 g/mol. The summed E-state index contributed by atoms with van der Waals surface area (Å²) in [5, 5.41) is 0. The van der Waals surface area contributed by atoms with E-state index < -0.39 is 0 Å². The minimum Gasteiger partial charge on any atom is -0.358 e. The number of hydrogen-bond acceptors (Lipinski definition) is 1. The topological polar surface area (TPSA) is 17.1 Å². The molecule has 77 valence electrons. The fourth-order valence-electron chi connectivity index (χ4n) is 0.788. The van der Waals surface area contributed by atoms with E-state index in [0.717, 1.165) is 5.56 Å². The number of aryl methyl sites for hydroxylation is 1. The molecule has 1 rings (SSSR count). The van der Waals surface area contributed by atoms with Gasteiger partial charge in [0.05, 0.1) is 0 Å². The number of carbonyl (C=O) groups is 1. The van der Waals surface area contributed by atoms with Gasteiger partial charge < -0.3 is 7.43 Å². The maximum atomic E-state index is 10.8. The first-order valence-corrected chi connectivity index (χ1v) is 4.28. The molecule has 0 N–H and O–H groups in total. The van der Waals surface area contributed by atoms with Crippen molar-refractivity contribution < 1.29 is 37.5 Å². The summed E-state index contributed by atoms with van der Waals surface area (Å²) < 4.78 is 0. The number of hydrogen-bond donors (Lipinski definition) is 0. The van der Waals surface area contributed by atoms with E-state index in [9.17, 15) is 4.79 Å². The van der Waals surface area contributed by atoms with Gasteiger partial charge in [-0.1, -0.05) is 43.7 Å². The zero-order valence-electron chi connectivity index (χ0n) is 9.79. The Bertz CT molecular complexity index is 239. The van der Waals surface area contributed by atoms with Crippen LogP contribution >= 0.6 is 0 Å². The van der Waals surface area contributed by atoms with Crippen LogP contribution in [-0.4, -0.2) is 5.78 Å². The normalized spacial score (nSPS) is 7.14. The van der Waals surface area contributed by atoms with Crippen LogP contribution in [0.4, 0.5) is 0 Å². The zero-order chi connectivity index (χ0) is 9.56. The molecule has 0 bridgehead atoms. The van der Waals surface area contributed by atoms with Crippen LogP contribution in [0, 0.1) is 14.4 Å². The van der Waals surface area contributed by atoms with Crippen molar-refractivity contribution in [3.63, 3.8) is 0 Å². The van der Waals surface area contributed by atoms with Crippen LogP contribution in [0.5, 0.6) is 0 Å². The second-order valence-electron chi connectivity index (χ2n) is 2.42. The first kappa shape index (κ1) is 19.5. The summed E-state index contributed by atoms with van der Waals surface area (Å²) in [5.41, 5.74) is 1.97. The van der Waals surface area contributed by atoms with Crippen molar-refractivity contribution in [1.29, 1.82) is 0 Å². The van der Waals surface area contributed by atoms with Crippen molar-refractivity contribution >= 4 is 5.78 Å². The molecule has 0 unspecified atom stereocenters. The Morgan fingerprint density at radius 1 is 1.07 bits per heavy atom. The van der Waals surface area contributed by atoms with Crippen molar-refractivity contribution in [1.82, 2.24) is 0 Å². The van der Waals surface area contributed by atoms with Crippen molar-refractivity contribution in [2.45, 2.75) is 27.7 Å². The van der Waals surface area contributed by atoms with Crippen LogP contribution in [0.3, 0.4) is 0 Å². The Hall–Kier alpha value is -0.00610. The smallest absolute Gasteiger partial charge is 0.159 e. The average Bonchev–Trinajstić information content (AvgIpc) is 2.09. The van der Waals surface area contributed by atoms with Gasteiger partial charge in [0.1, 0.15) is 0 Å². The minimum atomic E-state index is 0. The minimum absolute atomic E-state index is 0. The molecule has 0 amide bonds. The van der Waals surface area contributed by atoms with Gasteiger partial charge in [0.2, 0.25) is 0 Å². The molecule has 0 aliphatic carbocycles. The number of rotatable bonds is 1.